The highest BCUT2D eigenvalue weighted by Gasteiger charge is 2.10. The predicted octanol–water partition coefficient (Wildman–Crippen LogP) is 4.38. The minimum Gasteiger partial charge on any atom is -0.326 e. The molecule has 1 amide bonds. The van der Waals surface area contributed by atoms with Crippen LogP contribution in [0, 0.1) is 5.82 Å². The number of guanidine groups is 1. The van der Waals surface area contributed by atoms with E-state index in [2.05, 4.69) is 36.5 Å². The Bertz CT molecular complexity index is 946. The SMILES string of the molecule is O=C(NC(=NCc1ccccn1)Nc1cccc(Br)c1)c1ccc(F)cc1. The molecule has 0 atom stereocenters. The summed E-state index contributed by atoms with van der Waals surface area (Å²) in [6, 6.07) is 18.3. The summed E-state index contributed by atoms with van der Waals surface area (Å²) >= 11 is 3.41. The van der Waals surface area contributed by atoms with Gasteiger partial charge in [0.15, 0.2) is 0 Å². The van der Waals surface area contributed by atoms with Gasteiger partial charge in [-0.1, -0.05) is 28.1 Å². The Labute approximate surface area is 164 Å². The van der Waals surface area contributed by atoms with E-state index in [9.17, 15) is 9.18 Å². The number of aromatic nitrogens is 1. The fourth-order valence-electron chi connectivity index (χ4n) is 2.25. The van der Waals surface area contributed by atoms with Crippen LogP contribution in [-0.4, -0.2) is 16.9 Å². The molecule has 2 aromatic carbocycles. The molecule has 0 aliphatic carbocycles. The van der Waals surface area contributed by atoms with Crippen LogP contribution in [-0.2, 0) is 6.54 Å². The van der Waals surface area contributed by atoms with Gasteiger partial charge in [0.2, 0.25) is 5.96 Å². The molecule has 0 spiro atoms. The van der Waals surface area contributed by atoms with Crippen molar-refractivity contribution in [3.8, 4) is 0 Å². The zero-order chi connectivity index (χ0) is 19.1. The predicted molar refractivity (Wildman–Crippen MR) is 107 cm³/mol. The standard InChI is InChI=1S/C20H16BrFN4O/c21-15-4-3-6-17(12-15)25-20(24-13-18-5-1-2-11-23-18)26-19(27)14-7-9-16(22)10-8-14/h1-12H,13H2,(H2,24,25,26,27). The van der Waals surface area contributed by atoms with Gasteiger partial charge < -0.3 is 5.32 Å². The minimum absolute atomic E-state index is 0.271. The van der Waals surface area contributed by atoms with Crippen LogP contribution in [0.2, 0.25) is 0 Å². The molecule has 3 rings (SSSR count). The Kier molecular flexibility index (Phi) is 6.27. The first-order valence-corrected chi connectivity index (χ1v) is 8.93. The van der Waals surface area contributed by atoms with Gasteiger partial charge in [-0.05, 0) is 54.6 Å². The van der Waals surface area contributed by atoms with E-state index >= 15 is 0 Å². The number of nitrogens with zero attached hydrogens (tertiary/aromatic N) is 2. The van der Waals surface area contributed by atoms with Crippen molar-refractivity contribution in [2.45, 2.75) is 6.54 Å². The Hall–Kier alpha value is -3.06. The summed E-state index contributed by atoms with van der Waals surface area (Å²) < 4.78 is 14.0. The average molecular weight is 427 g/mol. The molecule has 0 aliphatic rings. The molecule has 0 unspecified atom stereocenters. The third kappa shape index (κ3) is 5.72. The van der Waals surface area contributed by atoms with E-state index in [1.807, 2.05) is 42.5 Å². The first kappa shape index (κ1) is 18.7. The summed E-state index contributed by atoms with van der Waals surface area (Å²) in [7, 11) is 0. The summed E-state index contributed by atoms with van der Waals surface area (Å²) in [5.41, 5.74) is 1.85. The first-order valence-electron chi connectivity index (χ1n) is 8.14. The maximum absolute atomic E-state index is 13.1. The Morgan fingerprint density at radius 2 is 1.89 bits per heavy atom. The maximum atomic E-state index is 13.1. The van der Waals surface area contributed by atoms with Crippen LogP contribution in [0.5, 0.6) is 0 Å². The van der Waals surface area contributed by atoms with Gasteiger partial charge in [-0.3, -0.25) is 15.1 Å². The van der Waals surface area contributed by atoms with Crippen LogP contribution in [0.15, 0.2) is 82.4 Å². The van der Waals surface area contributed by atoms with E-state index in [0.29, 0.717) is 12.1 Å². The molecule has 0 bridgehead atoms. The Morgan fingerprint density at radius 1 is 1.07 bits per heavy atom. The number of anilines is 1. The molecule has 5 nitrogen and oxygen atoms in total. The largest absolute Gasteiger partial charge is 0.326 e. The van der Waals surface area contributed by atoms with E-state index in [-0.39, 0.29) is 5.96 Å². The molecule has 0 saturated heterocycles. The lowest BCUT2D eigenvalue weighted by Crippen LogP contribution is -2.36. The molecular formula is C20H16BrFN4O. The van der Waals surface area contributed by atoms with E-state index in [1.54, 1.807) is 6.20 Å². The number of nitrogens with one attached hydrogen (secondary N) is 2. The second kappa shape index (κ2) is 9.05. The molecule has 0 fully saturated rings. The molecule has 0 aliphatic heterocycles. The number of hydrogen-bond acceptors (Lipinski definition) is 3. The van der Waals surface area contributed by atoms with Crippen LogP contribution < -0.4 is 10.6 Å². The van der Waals surface area contributed by atoms with Crippen molar-refractivity contribution in [1.82, 2.24) is 10.3 Å². The van der Waals surface area contributed by atoms with Crippen molar-refractivity contribution in [1.29, 1.82) is 0 Å². The number of rotatable bonds is 4. The highest BCUT2D eigenvalue weighted by atomic mass is 79.9. The molecule has 1 aromatic heterocycles. The van der Waals surface area contributed by atoms with E-state index in [0.717, 1.165) is 15.9 Å². The molecule has 0 saturated carbocycles. The minimum atomic E-state index is -0.400. The smallest absolute Gasteiger partial charge is 0.257 e. The summed E-state index contributed by atoms with van der Waals surface area (Å²) in [5.74, 6) is -0.520. The van der Waals surface area contributed by atoms with Gasteiger partial charge in [0.25, 0.3) is 5.91 Å². The lowest BCUT2D eigenvalue weighted by atomic mass is 10.2. The van der Waals surface area contributed by atoms with Crippen LogP contribution in [0.1, 0.15) is 16.1 Å². The Balaban J connectivity index is 1.79. The summed E-state index contributed by atoms with van der Waals surface area (Å²) in [5, 5.41) is 5.81. The zero-order valence-corrected chi connectivity index (χ0v) is 15.8. The highest BCUT2D eigenvalue weighted by Crippen LogP contribution is 2.15. The van der Waals surface area contributed by atoms with Gasteiger partial charge in [-0.25, -0.2) is 9.38 Å². The second-order valence-corrected chi connectivity index (χ2v) is 6.50. The first-order chi connectivity index (χ1) is 13.1. The fourth-order valence-corrected chi connectivity index (χ4v) is 2.65. The average Bonchev–Trinajstić information content (AvgIpc) is 2.67. The van der Waals surface area contributed by atoms with Crippen LogP contribution in [0.4, 0.5) is 10.1 Å². The molecule has 2 N–H and O–H groups in total. The normalized spacial score (nSPS) is 11.1. The van der Waals surface area contributed by atoms with Crippen molar-refractivity contribution >= 4 is 33.5 Å². The lowest BCUT2D eigenvalue weighted by molar-refractivity contribution is 0.0977. The monoisotopic (exact) mass is 426 g/mol. The number of amides is 1. The number of carbonyl (C=O) groups is 1. The van der Waals surface area contributed by atoms with Crippen molar-refractivity contribution in [2.24, 2.45) is 4.99 Å². The maximum Gasteiger partial charge on any atom is 0.257 e. The summed E-state index contributed by atoms with van der Waals surface area (Å²) in [6.45, 7) is 0.293. The number of benzene rings is 2. The highest BCUT2D eigenvalue weighted by molar-refractivity contribution is 9.10. The molecule has 1 heterocycles. The molecule has 27 heavy (non-hydrogen) atoms. The summed E-state index contributed by atoms with van der Waals surface area (Å²) in [4.78, 5) is 21.1. The van der Waals surface area contributed by atoms with Gasteiger partial charge in [-0.2, -0.15) is 0 Å². The van der Waals surface area contributed by atoms with Crippen molar-refractivity contribution < 1.29 is 9.18 Å². The number of carbonyl (C=O) groups excluding carboxylic acids is 1. The van der Waals surface area contributed by atoms with E-state index in [4.69, 9.17) is 0 Å². The zero-order valence-electron chi connectivity index (χ0n) is 14.2. The van der Waals surface area contributed by atoms with Gasteiger partial charge in [0, 0.05) is 21.9 Å². The number of halogens is 2. The van der Waals surface area contributed by atoms with E-state index in [1.165, 1.54) is 24.3 Å². The molecule has 0 radical (unpaired) electrons. The van der Waals surface area contributed by atoms with Crippen molar-refractivity contribution in [3.63, 3.8) is 0 Å². The van der Waals surface area contributed by atoms with Crippen LogP contribution in [0.3, 0.4) is 0 Å². The topological polar surface area (TPSA) is 66.4 Å². The molecule has 7 heteroatoms. The molecular weight excluding hydrogens is 411 g/mol. The summed E-state index contributed by atoms with van der Waals surface area (Å²) in [6.07, 6.45) is 1.68. The quantitative estimate of drug-likeness (QED) is 0.480. The van der Waals surface area contributed by atoms with E-state index < -0.39 is 11.7 Å². The fraction of sp³-hybridized carbons (Fsp3) is 0.0500. The van der Waals surface area contributed by atoms with Crippen LogP contribution in [0.25, 0.3) is 0 Å². The Morgan fingerprint density at radius 3 is 2.59 bits per heavy atom. The van der Waals surface area contributed by atoms with Gasteiger partial charge in [-0.15, -0.1) is 0 Å². The number of pyridine rings is 1. The van der Waals surface area contributed by atoms with Gasteiger partial charge in [0.05, 0.1) is 12.2 Å². The van der Waals surface area contributed by atoms with Crippen LogP contribution >= 0.6 is 15.9 Å². The number of aliphatic imine (C=N–C) groups is 1. The van der Waals surface area contributed by atoms with Crippen molar-refractivity contribution in [2.75, 3.05) is 5.32 Å². The molecule has 3 aromatic rings. The van der Waals surface area contributed by atoms with Gasteiger partial charge >= 0.3 is 0 Å². The lowest BCUT2D eigenvalue weighted by Gasteiger charge is -2.12. The second-order valence-electron chi connectivity index (χ2n) is 5.58. The third-order valence-electron chi connectivity index (χ3n) is 3.55. The van der Waals surface area contributed by atoms with Gasteiger partial charge in [0.1, 0.15) is 5.82 Å². The third-order valence-corrected chi connectivity index (χ3v) is 4.04. The van der Waals surface area contributed by atoms with Crippen molar-refractivity contribution in [3.05, 3.63) is 94.5 Å². The molecule has 136 valence electrons. The number of hydrogen-bond donors (Lipinski definition) is 2.